The molecule has 33 heavy (non-hydrogen) atoms. The molecule has 1 aliphatic rings. The van der Waals surface area contributed by atoms with Crippen molar-refractivity contribution in [1.29, 1.82) is 0 Å². The van der Waals surface area contributed by atoms with Gasteiger partial charge in [-0.25, -0.2) is 9.59 Å². The summed E-state index contributed by atoms with van der Waals surface area (Å²) < 4.78 is 23.0. The highest BCUT2D eigenvalue weighted by atomic mass is 16.7. The fourth-order valence-corrected chi connectivity index (χ4v) is 3.09. The smallest absolute Gasteiger partial charge is 0.444 e. The standard InChI is InChI=1S/C24H39BN2O6/c1-21(2,3)30-19(28)26-14-16-11-17(15-27-20(29)31-22(4,5)6)13-18(12-16)25-32-23(7,8)24(9,10)33-25/h11-13H,14-15H2,1-10H3,(H,26,28)(H,27,29). The monoisotopic (exact) mass is 462 g/mol. The summed E-state index contributed by atoms with van der Waals surface area (Å²) in [5.41, 5.74) is 0.310. The molecule has 0 radical (unpaired) electrons. The lowest BCUT2D eigenvalue weighted by Gasteiger charge is -2.32. The van der Waals surface area contributed by atoms with Gasteiger partial charge in [0.05, 0.1) is 11.2 Å². The number of nitrogens with one attached hydrogen (secondary N) is 2. The first-order chi connectivity index (χ1) is 14.9. The van der Waals surface area contributed by atoms with Crippen LogP contribution in [-0.2, 0) is 31.9 Å². The van der Waals surface area contributed by atoms with Crippen LogP contribution in [0.2, 0.25) is 0 Å². The normalized spacial score (nSPS) is 17.5. The lowest BCUT2D eigenvalue weighted by atomic mass is 9.77. The van der Waals surface area contributed by atoms with Crippen LogP contribution in [0.4, 0.5) is 9.59 Å². The molecule has 1 aromatic rings. The van der Waals surface area contributed by atoms with Crippen molar-refractivity contribution in [2.24, 2.45) is 0 Å². The lowest BCUT2D eigenvalue weighted by molar-refractivity contribution is 0.00578. The van der Waals surface area contributed by atoms with Crippen molar-refractivity contribution in [3.63, 3.8) is 0 Å². The van der Waals surface area contributed by atoms with E-state index in [2.05, 4.69) is 10.6 Å². The van der Waals surface area contributed by atoms with E-state index in [9.17, 15) is 9.59 Å². The molecule has 0 unspecified atom stereocenters. The highest BCUT2D eigenvalue weighted by Gasteiger charge is 2.51. The van der Waals surface area contributed by atoms with E-state index in [4.69, 9.17) is 18.8 Å². The van der Waals surface area contributed by atoms with E-state index in [0.717, 1.165) is 16.6 Å². The minimum Gasteiger partial charge on any atom is -0.444 e. The van der Waals surface area contributed by atoms with Gasteiger partial charge in [-0.3, -0.25) is 0 Å². The fraction of sp³-hybridized carbons (Fsp3) is 0.667. The molecular formula is C24H39BN2O6. The van der Waals surface area contributed by atoms with Crippen molar-refractivity contribution < 1.29 is 28.4 Å². The summed E-state index contributed by atoms with van der Waals surface area (Å²) in [7, 11) is -0.572. The first-order valence-corrected chi connectivity index (χ1v) is 11.3. The quantitative estimate of drug-likeness (QED) is 0.642. The zero-order valence-corrected chi connectivity index (χ0v) is 21.7. The Morgan fingerprint density at radius 2 is 1.15 bits per heavy atom. The molecule has 0 saturated carbocycles. The third-order valence-electron chi connectivity index (χ3n) is 5.27. The van der Waals surface area contributed by atoms with Gasteiger partial charge in [0.25, 0.3) is 0 Å². The summed E-state index contributed by atoms with van der Waals surface area (Å²) in [6.45, 7) is 19.3. The Balaban J connectivity index is 2.22. The molecular weight excluding hydrogens is 423 g/mol. The Hall–Kier alpha value is -2.26. The predicted molar refractivity (Wildman–Crippen MR) is 128 cm³/mol. The summed E-state index contributed by atoms with van der Waals surface area (Å²) in [5.74, 6) is 0. The van der Waals surface area contributed by atoms with E-state index in [1.54, 1.807) is 0 Å². The minimum atomic E-state index is -0.586. The van der Waals surface area contributed by atoms with Crippen LogP contribution in [0.5, 0.6) is 0 Å². The number of benzene rings is 1. The van der Waals surface area contributed by atoms with Gasteiger partial charge >= 0.3 is 19.3 Å². The maximum Gasteiger partial charge on any atom is 0.494 e. The second kappa shape index (κ2) is 9.54. The molecule has 0 atom stereocenters. The van der Waals surface area contributed by atoms with E-state index in [0.29, 0.717) is 0 Å². The molecule has 2 rings (SSSR count). The molecule has 0 bridgehead atoms. The first kappa shape index (κ1) is 27.0. The zero-order valence-electron chi connectivity index (χ0n) is 21.7. The molecule has 1 heterocycles. The third kappa shape index (κ3) is 8.23. The van der Waals surface area contributed by atoms with Crippen molar-refractivity contribution >= 4 is 24.8 Å². The maximum absolute atomic E-state index is 12.1. The molecule has 0 aromatic heterocycles. The number of rotatable bonds is 5. The van der Waals surface area contributed by atoms with Gasteiger partial charge < -0.3 is 29.4 Å². The van der Waals surface area contributed by atoms with E-state index < -0.39 is 41.7 Å². The van der Waals surface area contributed by atoms with Crippen LogP contribution in [0.15, 0.2) is 18.2 Å². The zero-order chi connectivity index (χ0) is 25.2. The summed E-state index contributed by atoms with van der Waals surface area (Å²) >= 11 is 0. The minimum absolute atomic E-state index is 0.252. The van der Waals surface area contributed by atoms with Crippen molar-refractivity contribution in [3.05, 3.63) is 29.3 Å². The van der Waals surface area contributed by atoms with Crippen LogP contribution in [0.3, 0.4) is 0 Å². The van der Waals surface area contributed by atoms with Gasteiger partial charge in [-0.15, -0.1) is 0 Å². The largest absolute Gasteiger partial charge is 0.494 e. The van der Waals surface area contributed by atoms with Crippen LogP contribution in [0.25, 0.3) is 0 Å². The van der Waals surface area contributed by atoms with Gasteiger partial charge in [-0.05, 0) is 85.8 Å². The van der Waals surface area contributed by atoms with Gasteiger partial charge in [-0.2, -0.15) is 0 Å². The van der Waals surface area contributed by atoms with E-state index in [1.807, 2.05) is 87.4 Å². The van der Waals surface area contributed by atoms with Crippen LogP contribution in [0.1, 0.15) is 80.4 Å². The van der Waals surface area contributed by atoms with Gasteiger partial charge in [0, 0.05) is 13.1 Å². The number of hydrogen-bond acceptors (Lipinski definition) is 6. The van der Waals surface area contributed by atoms with Crippen molar-refractivity contribution in [2.45, 2.75) is 105 Å². The highest BCUT2D eigenvalue weighted by molar-refractivity contribution is 6.62. The second-order valence-corrected chi connectivity index (χ2v) is 11.4. The van der Waals surface area contributed by atoms with Crippen LogP contribution >= 0.6 is 0 Å². The molecule has 9 heteroatoms. The van der Waals surface area contributed by atoms with Gasteiger partial charge in [0.15, 0.2) is 0 Å². The average Bonchev–Trinajstić information content (AvgIpc) is 2.83. The lowest BCUT2D eigenvalue weighted by Crippen LogP contribution is -2.41. The van der Waals surface area contributed by atoms with Crippen molar-refractivity contribution in [1.82, 2.24) is 10.6 Å². The Bertz CT molecular complexity index is 804. The summed E-state index contributed by atoms with van der Waals surface area (Å²) in [6.07, 6.45) is -1.01. The van der Waals surface area contributed by atoms with E-state index in [1.165, 1.54) is 0 Å². The summed E-state index contributed by atoms with van der Waals surface area (Å²) in [4.78, 5) is 24.2. The third-order valence-corrected chi connectivity index (χ3v) is 5.27. The van der Waals surface area contributed by atoms with Crippen LogP contribution < -0.4 is 16.1 Å². The number of hydrogen-bond donors (Lipinski definition) is 2. The number of carbonyl (C=O) groups is 2. The molecule has 1 saturated heterocycles. The molecule has 184 valence electrons. The van der Waals surface area contributed by atoms with E-state index >= 15 is 0 Å². The van der Waals surface area contributed by atoms with Crippen LogP contribution in [0, 0.1) is 0 Å². The van der Waals surface area contributed by atoms with Gasteiger partial charge in [-0.1, -0.05) is 18.2 Å². The molecule has 0 spiro atoms. The van der Waals surface area contributed by atoms with Crippen molar-refractivity contribution in [2.75, 3.05) is 0 Å². The number of amides is 2. The number of carbonyl (C=O) groups excluding carboxylic acids is 2. The second-order valence-electron chi connectivity index (χ2n) is 11.4. The first-order valence-electron chi connectivity index (χ1n) is 11.3. The number of ether oxygens (including phenoxy) is 2. The van der Waals surface area contributed by atoms with Gasteiger partial charge in [0.1, 0.15) is 11.2 Å². The molecule has 2 N–H and O–H groups in total. The Morgan fingerprint density at radius 3 is 1.48 bits per heavy atom. The van der Waals surface area contributed by atoms with Crippen molar-refractivity contribution in [3.8, 4) is 0 Å². The Kier molecular flexibility index (Phi) is 7.81. The maximum atomic E-state index is 12.1. The molecule has 1 aromatic carbocycles. The average molecular weight is 462 g/mol. The topological polar surface area (TPSA) is 95.1 Å². The molecule has 1 aliphatic heterocycles. The van der Waals surface area contributed by atoms with Gasteiger partial charge in [0.2, 0.25) is 0 Å². The Morgan fingerprint density at radius 1 is 0.788 bits per heavy atom. The fourth-order valence-electron chi connectivity index (χ4n) is 3.09. The summed E-state index contributed by atoms with van der Waals surface area (Å²) in [6, 6.07) is 5.76. The molecule has 2 amide bonds. The number of alkyl carbamates (subject to hydrolysis) is 2. The molecule has 8 nitrogen and oxygen atoms in total. The Labute approximate surface area is 198 Å². The highest BCUT2D eigenvalue weighted by Crippen LogP contribution is 2.36. The summed E-state index contributed by atoms with van der Waals surface area (Å²) in [5, 5.41) is 5.55. The molecule has 1 fully saturated rings. The van der Waals surface area contributed by atoms with Crippen LogP contribution in [-0.4, -0.2) is 41.7 Å². The predicted octanol–water partition coefficient (Wildman–Crippen LogP) is 4.04. The molecule has 0 aliphatic carbocycles. The SMILES string of the molecule is CC(C)(C)OC(=O)NCc1cc(CNC(=O)OC(C)(C)C)cc(B2OC(C)(C)C(C)(C)O2)c1. The van der Waals surface area contributed by atoms with E-state index in [-0.39, 0.29) is 13.1 Å².